The van der Waals surface area contributed by atoms with Crippen LogP contribution in [0.5, 0.6) is 0 Å². The van der Waals surface area contributed by atoms with Gasteiger partial charge in [-0.15, -0.1) is 10.2 Å². The van der Waals surface area contributed by atoms with Gasteiger partial charge in [0.2, 0.25) is 5.13 Å². The van der Waals surface area contributed by atoms with E-state index in [0.29, 0.717) is 16.6 Å². The molecule has 0 aliphatic carbocycles. The van der Waals surface area contributed by atoms with Gasteiger partial charge in [0.1, 0.15) is 9.84 Å². The minimum atomic E-state index is -2.94. The predicted molar refractivity (Wildman–Crippen MR) is 87.8 cm³/mol. The van der Waals surface area contributed by atoms with Crippen LogP contribution in [-0.4, -0.2) is 36.7 Å². The number of anilines is 1. The lowest BCUT2D eigenvalue weighted by Crippen LogP contribution is -2.19. The highest BCUT2D eigenvalue weighted by molar-refractivity contribution is 7.90. The number of sulfone groups is 1. The molecule has 0 radical (unpaired) electrons. The van der Waals surface area contributed by atoms with Crippen LogP contribution in [0.3, 0.4) is 0 Å². The molecule has 0 fully saturated rings. The molecule has 1 aromatic heterocycles. The molecule has 5 nitrogen and oxygen atoms in total. The Morgan fingerprint density at radius 1 is 1.33 bits per heavy atom. The number of benzene rings is 1. The molecule has 1 heterocycles. The molecule has 0 aliphatic heterocycles. The highest BCUT2D eigenvalue weighted by atomic mass is 35.5. The van der Waals surface area contributed by atoms with E-state index in [1.54, 1.807) is 6.07 Å². The largest absolute Gasteiger partial charge is 0.358 e. The first-order valence-electron chi connectivity index (χ1n) is 6.38. The van der Waals surface area contributed by atoms with Crippen LogP contribution in [0.1, 0.15) is 13.3 Å². The Hall–Kier alpha value is -1.18. The van der Waals surface area contributed by atoms with Crippen LogP contribution in [0.2, 0.25) is 5.02 Å². The van der Waals surface area contributed by atoms with Crippen molar-refractivity contribution in [3.63, 3.8) is 0 Å². The molecule has 1 aromatic carbocycles. The molecule has 0 spiro atoms. The molecule has 0 amide bonds. The number of nitrogens with one attached hydrogen (secondary N) is 1. The highest BCUT2D eigenvalue weighted by Gasteiger charge is 2.12. The fourth-order valence-electron chi connectivity index (χ4n) is 1.70. The predicted octanol–water partition coefficient (Wildman–Crippen LogP) is 3.09. The van der Waals surface area contributed by atoms with E-state index in [4.69, 9.17) is 11.6 Å². The first kappa shape index (κ1) is 16.2. The Balaban J connectivity index is 2.02. The molecule has 0 bridgehead atoms. The SMILES string of the molecule is C[C@H](CCS(C)(=O)=O)Nc1nnc(-c2ccccc2Cl)s1. The number of aromatic nitrogens is 2. The zero-order valence-corrected chi connectivity index (χ0v) is 14.1. The molecule has 0 saturated carbocycles. The highest BCUT2D eigenvalue weighted by Crippen LogP contribution is 2.31. The van der Waals surface area contributed by atoms with E-state index in [1.807, 2.05) is 25.1 Å². The number of halogens is 1. The average molecular weight is 346 g/mol. The van der Waals surface area contributed by atoms with Crippen LogP contribution < -0.4 is 5.32 Å². The van der Waals surface area contributed by atoms with Gasteiger partial charge in [0.25, 0.3) is 0 Å². The Morgan fingerprint density at radius 3 is 2.71 bits per heavy atom. The van der Waals surface area contributed by atoms with Crippen molar-refractivity contribution in [2.75, 3.05) is 17.3 Å². The molecule has 0 aliphatic rings. The third-order valence-corrected chi connectivity index (χ3v) is 5.02. The summed E-state index contributed by atoms with van der Waals surface area (Å²) in [4.78, 5) is 0. The van der Waals surface area contributed by atoms with E-state index in [9.17, 15) is 8.42 Å². The van der Waals surface area contributed by atoms with Crippen molar-refractivity contribution >= 4 is 37.9 Å². The molecular weight excluding hydrogens is 330 g/mol. The van der Waals surface area contributed by atoms with Crippen LogP contribution in [-0.2, 0) is 9.84 Å². The number of hydrogen-bond donors (Lipinski definition) is 1. The molecule has 2 rings (SSSR count). The van der Waals surface area contributed by atoms with Crippen LogP contribution in [0, 0.1) is 0 Å². The first-order chi connectivity index (χ1) is 9.85. The van der Waals surface area contributed by atoms with Crippen molar-refractivity contribution < 1.29 is 8.42 Å². The summed E-state index contributed by atoms with van der Waals surface area (Å²) in [5.74, 6) is 0.150. The lowest BCUT2D eigenvalue weighted by molar-refractivity contribution is 0.595. The quantitative estimate of drug-likeness (QED) is 0.871. The second-order valence-corrected chi connectivity index (χ2v) is 8.50. The van der Waals surface area contributed by atoms with Gasteiger partial charge in [0, 0.05) is 17.9 Å². The summed E-state index contributed by atoms with van der Waals surface area (Å²) in [6.07, 6.45) is 1.76. The van der Waals surface area contributed by atoms with Gasteiger partial charge in [-0.05, 0) is 19.4 Å². The molecule has 0 unspecified atom stereocenters. The summed E-state index contributed by atoms with van der Waals surface area (Å²) in [6.45, 7) is 1.92. The third-order valence-electron chi connectivity index (χ3n) is 2.82. The number of nitrogens with zero attached hydrogens (tertiary/aromatic N) is 2. The number of hydrogen-bond acceptors (Lipinski definition) is 6. The van der Waals surface area contributed by atoms with E-state index in [-0.39, 0.29) is 11.8 Å². The minimum Gasteiger partial charge on any atom is -0.358 e. The van der Waals surface area contributed by atoms with Gasteiger partial charge in [-0.3, -0.25) is 0 Å². The summed E-state index contributed by atoms with van der Waals surface area (Å²) in [6, 6.07) is 7.45. The molecule has 1 N–H and O–H groups in total. The van der Waals surface area contributed by atoms with Gasteiger partial charge in [0.05, 0.1) is 10.8 Å². The van der Waals surface area contributed by atoms with E-state index < -0.39 is 9.84 Å². The minimum absolute atomic E-state index is 0.00627. The Morgan fingerprint density at radius 2 is 2.05 bits per heavy atom. The summed E-state index contributed by atoms with van der Waals surface area (Å²) in [7, 11) is -2.94. The lowest BCUT2D eigenvalue weighted by Gasteiger charge is -2.11. The van der Waals surface area contributed by atoms with Crippen molar-refractivity contribution in [2.24, 2.45) is 0 Å². The van der Waals surface area contributed by atoms with Crippen molar-refractivity contribution in [1.29, 1.82) is 0 Å². The van der Waals surface area contributed by atoms with Gasteiger partial charge in [-0.1, -0.05) is 41.1 Å². The fourth-order valence-corrected chi connectivity index (χ4v) is 3.66. The Kier molecular flexibility index (Phi) is 5.18. The summed E-state index contributed by atoms with van der Waals surface area (Å²) < 4.78 is 22.3. The van der Waals surface area contributed by atoms with Gasteiger partial charge < -0.3 is 5.32 Å². The van der Waals surface area contributed by atoms with Gasteiger partial charge in [0.15, 0.2) is 5.01 Å². The lowest BCUT2D eigenvalue weighted by atomic mass is 10.2. The Bertz CT molecular complexity index is 716. The van der Waals surface area contributed by atoms with E-state index in [2.05, 4.69) is 15.5 Å². The maximum absolute atomic E-state index is 11.1. The zero-order chi connectivity index (χ0) is 15.5. The standard InChI is InChI=1S/C13H16ClN3O2S2/c1-9(7-8-21(2,18)19)15-13-17-16-12(20-13)10-5-3-4-6-11(10)14/h3-6,9H,7-8H2,1-2H3,(H,15,17)/t9-/m1/s1. The second-order valence-electron chi connectivity index (χ2n) is 4.86. The van der Waals surface area contributed by atoms with Crippen molar-refractivity contribution in [2.45, 2.75) is 19.4 Å². The third kappa shape index (κ3) is 4.94. The Labute approximate surface area is 133 Å². The van der Waals surface area contributed by atoms with E-state index in [0.717, 1.165) is 10.6 Å². The molecule has 0 saturated heterocycles. The maximum atomic E-state index is 11.1. The van der Waals surface area contributed by atoms with Crippen molar-refractivity contribution in [3.05, 3.63) is 29.3 Å². The average Bonchev–Trinajstić information content (AvgIpc) is 2.84. The second kappa shape index (κ2) is 6.72. The monoisotopic (exact) mass is 345 g/mol. The summed E-state index contributed by atoms with van der Waals surface area (Å²) >= 11 is 7.52. The van der Waals surface area contributed by atoms with E-state index >= 15 is 0 Å². The molecule has 2 aromatic rings. The number of rotatable bonds is 6. The zero-order valence-electron chi connectivity index (χ0n) is 11.7. The normalized spacial score (nSPS) is 13.1. The van der Waals surface area contributed by atoms with Crippen LogP contribution in [0.25, 0.3) is 10.6 Å². The smallest absolute Gasteiger partial charge is 0.206 e. The van der Waals surface area contributed by atoms with Crippen molar-refractivity contribution in [1.82, 2.24) is 10.2 Å². The maximum Gasteiger partial charge on any atom is 0.206 e. The molecular formula is C13H16ClN3O2S2. The summed E-state index contributed by atoms with van der Waals surface area (Å²) in [5, 5.41) is 13.4. The summed E-state index contributed by atoms with van der Waals surface area (Å²) in [5.41, 5.74) is 0.841. The molecule has 8 heteroatoms. The topological polar surface area (TPSA) is 72.0 Å². The van der Waals surface area contributed by atoms with Gasteiger partial charge in [-0.2, -0.15) is 0 Å². The van der Waals surface area contributed by atoms with Crippen LogP contribution >= 0.6 is 22.9 Å². The van der Waals surface area contributed by atoms with Crippen LogP contribution in [0.4, 0.5) is 5.13 Å². The van der Waals surface area contributed by atoms with E-state index in [1.165, 1.54) is 17.6 Å². The van der Waals surface area contributed by atoms with Crippen molar-refractivity contribution in [3.8, 4) is 10.6 Å². The van der Waals surface area contributed by atoms with Crippen LogP contribution in [0.15, 0.2) is 24.3 Å². The van der Waals surface area contributed by atoms with Gasteiger partial charge in [-0.25, -0.2) is 8.42 Å². The molecule has 21 heavy (non-hydrogen) atoms. The molecule has 114 valence electrons. The van der Waals surface area contributed by atoms with Gasteiger partial charge >= 0.3 is 0 Å². The first-order valence-corrected chi connectivity index (χ1v) is 9.63. The molecule has 1 atom stereocenters. The fraction of sp³-hybridized carbons (Fsp3) is 0.385.